The second-order valence-electron chi connectivity index (χ2n) is 9.71. The highest BCUT2D eigenvalue weighted by molar-refractivity contribution is 5.88. The Morgan fingerprint density at radius 1 is 1.03 bits per heavy atom. The van der Waals surface area contributed by atoms with Crippen molar-refractivity contribution in [1.82, 2.24) is 10.2 Å². The molecule has 0 aromatic heterocycles. The van der Waals surface area contributed by atoms with Gasteiger partial charge in [0.25, 0.3) is 0 Å². The topological polar surface area (TPSA) is 95.9 Å². The number of nitrogens with one attached hydrogen (secondary N) is 1. The number of hydrogen-bond donors (Lipinski definition) is 2. The molecule has 7 nitrogen and oxygen atoms in total. The molecule has 1 atom stereocenters. The van der Waals surface area contributed by atoms with Gasteiger partial charge >= 0.3 is 12.1 Å². The van der Waals surface area contributed by atoms with Gasteiger partial charge in [0.2, 0.25) is 5.91 Å². The summed E-state index contributed by atoms with van der Waals surface area (Å²) in [6.45, 7) is 3.95. The Labute approximate surface area is 200 Å². The minimum atomic E-state index is -1.07. The first kappa shape index (κ1) is 23.8. The number of fused-ring (bicyclic) bond motifs is 3. The average molecular weight is 465 g/mol. The molecule has 2 aliphatic carbocycles. The van der Waals surface area contributed by atoms with Gasteiger partial charge in [-0.05, 0) is 40.5 Å². The average Bonchev–Trinajstić information content (AvgIpc) is 3.56. The standard InChI is InChI=1S/C27H32N2O5/c1-17(2)14-29(15-25(30)31)26(32)24(13-18-11-12-18)28-27(33)34-16-23-21-9-5-3-7-19(21)20-8-4-6-10-22(20)23/h3-10,17-18,23-24H,11-16H2,1-2H3,(H,28,33)(H,30,31)/t24-/m0/s1. The number of rotatable bonds is 10. The molecule has 2 N–H and O–H groups in total. The van der Waals surface area contributed by atoms with Crippen LogP contribution in [0.2, 0.25) is 0 Å². The molecule has 0 unspecified atom stereocenters. The molecule has 2 aliphatic rings. The van der Waals surface area contributed by atoms with Crippen LogP contribution in [-0.2, 0) is 14.3 Å². The van der Waals surface area contributed by atoms with Gasteiger partial charge < -0.3 is 20.1 Å². The second-order valence-corrected chi connectivity index (χ2v) is 9.71. The van der Waals surface area contributed by atoms with Gasteiger partial charge in [0, 0.05) is 12.5 Å². The number of alkyl carbamates (subject to hydrolysis) is 1. The van der Waals surface area contributed by atoms with Crippen LogP contribution in [0.3, 0.4) is 0 Å². The third kappa shape index (κ3) is 5.58. The summed E-state index contributed by atoms with van der Waals surface area (Å²) >= 11 is 0. The van der Waals surface area contributed by atoms with Gasteiger partial charge in [-0.25, -0.2) is 4.79 Å². The number of aliphatic carboxylic acids is 1. The van der Waals surface area contributed by atoms with Crippen molar-refractivity contribution in [1.29, 1.82) is 0 Å². The molecule has 7 heteroatoms. The lowest BCUT2D eigenvalue weighted by atomic mass is 9.98. The largest absolute Gasteiger partial charge is 0.480 e. The van der Waals surface area contributed by atoms with E-state index in [2.05, 4.69) is 29.6 Å². The quantitative estimate of drug-likeness (QED) is 0.548. The Morgan fingerprint density at radius 2 is 1.62 bits per heavy atom. The normalized spacial score (nSPS) is 15.4. The SMILES string of the molecule is CC(C)CN(CC(=O)O)C(=O)[C@H](CC1CC1)NC(=O)OCC1c2ccccc2-c2ccccc21. The van der Waals surface area contributed by atoms with Crippen LogP contribution < -0.4 is 5.32 Å². The molecular weight excluding hydrogens is 432 g/mol. The van der Waals surface area contributed by atoms with Gasteiger partial charge in [-0.15, -0.1) is 0 Å². The van der Waals surface area contributed by atoms with Gasteiger partial charge in [0.15, 0.2) is 0 Å². The van der Waals surface area contributed by atoms with E-state index in [9.17, 15) is 19.5 Å². The predicted molar refractivity (Wildman–Crippen MR) is 128 cm³/mol. The van der Waals surface area contributed by atoms with Crippen LogP contribution >= 0.6 is 0 Å². The van der Waals surface area contributed by atoms with E-state index in [0.717, 1.165) is 35.1 Å². The first-order valence-electron chi connectivity index (χ1n) is 12.0. The highest BCUT2D eigenvalue weighted by Gasteiger charge is 2.35. The molecule has 1 saturated carbocycles. The van der Waals surface area contributed by atoms with Crippen LogP contribution in [0.25, 0.3) is 11.1 Å². The van der Waals surface area contributed by atoms with Crippen molar-refractivity contribution < 1.29 is 24.2 Å². The molecule has 4 rings (SSSR count). The van der Waals surface area contributed by atoms with Crippen LogP contribution in [0, 0.1) is 11.8 Å². The molecule has 0 spiro atoms. The number of ether oxygens (including phenoxy) is 1. The smallest absolute Gasteiger partial charge is 0.407 e. The molecule has 0 bridgehead atoms. The number of amides is 2. The maximum atomic E-state index is 13.2. The van der Waals surface area contributed by atoms with Gasteiger partial charge in [0.05, 0.1) is 0 Å². The van der Waals surface area contributed by atoms with E-state index in [1.807, 2.05) is 38.1 Å². The van der Waals surface area contributed by atoms with Crippen molar-refractivity contribution in [2.75, 3.05) is 19.7 Å². The van der Waals surface area contributed by atoms with Gasteiger partial charge in [0.1, 0.15) is 19.2 Å². The Morgan fingerprint density at radius 3 is 2.15 bits per heavy atom. The summed E-state index contributed by atoms with van der Waals surface area (Å²) in [6, 6.07) is 15.4. The van der Waals surface area contributed by atoms with Crippen molar-refractivity contribution in [3.05, 3.63) is 59.7 Å². The molecular formula is C27H32N2O5. The van der Waals surface area contributed by atoms with Crippen molar-refractivity contribution in [3.63, 3.8) is 0 Å². The number of nitrogens with zero attached hydrogens (tertiary/aromatic N) is 1. The number of carboxylic acids is 1. The number of carbonyl (C=O) groups is 3. The number of hydrogen-bond acceptors (Lipinski definition) is 4. The van der Waals surface area contributed by atoms with E-state index in [1.165, 1.54) is 4.90 Å². The van der Waals surface area contributed by atoms with Crippen molar-refractivity contribution in [3.8, 4) is 11.1 Å². The zero-order valence-electron chi connectivity index (χ0n) is 19.7. The Kier molecular flexibility index (Phi) is 7.20. The molecule has 34 heavy (non-hydrogen) atoms. The maximum Gasteiger partial charge on any atom is 0.407 e. The number of benzene rings is 2. The van der Waals surface area contributed by atoms with Crippen LogP contribution in [0.5, 0.6) is 0 Å². The fourth-order valence-electron chi connectivity index (χ4n) is 4.75. The fraction of sp³-hybridized carbons (Fsp3) is 0.444. The first-order valence-corrected chi connectivity index (χ1v) is 12.0. The molecule has 2 aromatic rings. The molecule has 0 radical (unpaired) electrons. The van der Waals surface area contributed by atoms with Crippen molar-refractivity contribution >= 4 is 18.0 Å². The molecule has 0 heterocycles. The fourth-order valence-corrected chi connectivity index (χ4v) is 4.75. The Hall–Kier alpha value is -3.35. The monoisotopic (exact) mass is 464 g/mol. The van der Waals surface area contributed by atoms with E-state index in [-0.39, 0.29) is 30.9 Å². The maximum absolute atomic E-state index is 13.2. The summed E-state index contributed by atoms with van der Waals surface area (Å²) < 4.78 is 5.63. The molecule has 2 aromatic carbocycles. The Balaban J connectivity index is 1.43. The van der Waals surface area contributed by atoms with E-state index < -0.39 is 18.1 Å². The summed E-state index contributed by atoms with van der Waals surface area (Å²) in [5, 5.41) is 12.0. The summed E-state index contributed by atoms with van der Waals surface area (Å²) in [7, 11) is 0. The van der Waals surface area contributed by atoms with E-state index >= 15 is 0 Å². The second kappa shape index (κ2) is 10.3. The molecule has 0 saturated heterocycles. The van der Waals surface area contributed by atoms with Crippen LogP contribution in [0.4, 0.5) is 4.79 Å². The number of carboxylic acid groups (broad SMARTS) is 1. The van der Waals surface area contributed by atoms with Crippen LogP contribution in [0.15, 0.2) is 48.5 Å². The third-order valence-electron chi connectivity index (χ3n) is 6.42. The van der Waals surface area contributed by atoms with E-state index in [1.54, 1.807) is 0 Å². The van der Waals surface area contributed by atoms with Gasteiger partial charge in [-0.3, -0.25) is 9.59 Å². The van der Waals surface area contributed by atoms with Gasteiger partial charge in [-0.1, -0.05) is 75.2 Å². The zero-order chi connectivity index (χ0) is 24.2. The zero-order valence-corrected chi connectivity index (χ0v) is 19.7. The van der Waals surface area contributed by atoms with Crippen molar-refractivity contribution in [2.24, 2.45) is 11.8 Å². The highest BCUT2D eigenvalue weighted by Crippen LogP contribution is 2.44. The summed E-state index contributed by atoms with van der Waals surface area (Å²) in [5.41, 5.74) is 4.53. The highest BCUT2D eigenvalue weighted by atomic mass is 16.5. The number of carbonyl (C=O) groups excluding carboxylic acids is 2. The predicted octanol–water partition coefficient (Wildman–Crippen LogP) is 4.26. The lowest BCUT2D eigenvalue weighted by Crippen LogP contribution is -2.51. The molecule has 1 fully saturated rings. The van der Waals surface area contributed by atoms with Crippen LogP contribution in [0.1, 0.15) is 50.2 Å². The van der Waals surface area contributed by atoms with Gasteiger partial charge in [-0.2, -0.15) is 0 Å². The minimum absolute atomic E-state index is 0.0693. The first-order chi connectivity index (χ1) is 16.3. The lowest BCUT2D eigenvalue weighted by molar-refractivity contribution is -0.145. The summed E-state index contributed by atoms with van der Waals surface area (Å²) in [4.78, 5) is 38.6. The lowest BCUT2D eigenvalue weighted by Gasteiger charge is -2.28. The summed E-state index contributed by atoms with van der Waals surface area (Å²) in [6.07, 6.45) is 1.87. The third-order valence-corrected chi connectivity index (χ3v) is 6.42. The minimum Gasteiger partial charge on any atom is -0.480 e. The van der Waals surface area contributed by atoms with Crippen LogP contribution in [-0.4, -0.2) is 53.7 Å². The van der Waals surface area contributed by atoms with E-state index in [4.69, 9.17) is 4.74 Å². The molecule has 180 valence electrons. The molecule has 2 amide bonds. The summed E-state index contributed by atoms with van der Waals surface area (Å²) in [5.74, 6) is -1.02. The Bertz CT molecular complexity index is 1020. The van der Waals surface area contributed by atoms with E-state index in [0.29, 0.717) is 18.9 Å². The van der Waals surface area contributed by atoms with Crippen molar-refractivity contribution in [2.45, 2.75) is 45.1 Å². The molecule has 0 aliphatic heterocycles.